The fourth-order valence-corrected chi connectivity index (χ4v) is 14.0. The van der Waals surface area contributed by atoms with Gasteiger partial charge in [0.05, 0.1) is 49.4 Å². The third kappa shape index (κ3) is 59.9. The summed E-state index contributed by atoms with van der Waals surface area (Å²) in [6, 6.07) is 0. The van der Waals surface area contributed by atoms with Gasteiger partial charge in [-0.15, -0.1) is 0 Å². The van der Waals surface area contributed by atoms with Crippen molar-refractivity contribution < 1.29 is 76.3 Å². The van der Waals surface area contributed by atoms with Gasteiger partial charge in [-0.05, 0) is 55.7 Å². The molecule has 0 aromatic carbocycles. The van der Waals surface area contributed by atoms with Crippen molar-refractivity contribution in [3.63, 3.8) is 0 Å². The zero-order chi connectivity index (χ0) is 70.9. The van der Waals surface area contributed by atoms with Gasteiger partial charge in [0.15, 0.2) is 0 Å². The minimum atomic E-state index is -0.501. The van der Waals surface area contributed by atoms with Crippen molar-refractivity contribution >= 4 is 94.8 Å². The summed E-state index contributed by atoms with van der Waals surface area (Å²) in [6.07, 6.45) is 29.4. The molecule has 0 aliphatic carbocycles. The van der Waals surface area contributed by atoms with E-state index < -0.39 is 23.9 Å². The highest BCUT2D eigenvalue weighted by Gasteiger charge is 2.21. The monoisotopic (exact) mass is 1440 g/mol. The fraction of sp³-hybridized carbons (Fsp3) is 0.890. The predicted octanol–water partition coefficient (Wildman–Crippen LogP) is 14.3. The summed E-state index contributed by atoms with van der Waals surface area (Å²) in [4.78, 5) is 109. The molecule has 4 atom stereocenters. The van der Waals surface area contributed by atoms with E-state index in [0.717, 1.165) is 48.7 Å². The van der Waals surface area contributed by atoms with Crippen LogP contribution in [0.25, 0.3) is 0 Å². The molecule has 0 rings (SSSR count). The van der Waals surface area contributed by atoms with E-state index in [-0.39, 0.29) is 139 Å². The van der Waals surface area contributed by atoms with Crippen LogP contribution in [-0.4, -0.2) is 221 Å². The van der Waals surface area contributed by atoms with E-state index in [0.29, 0.717) is 62.3 Å². The molecular weight excluding hydrogens is 1300 g/mol. The van der Waals surface area contributed by atoms with Gasteiger partial charge in [-0.3, -0.25) is 38.4 Å². The molecule has 0 heterocycles. The van der Waals surface area contributed by atoms with Gasteiger partial charge in [0.1, 0.15) is 52.9 Å². The van der Waals surface area contributed by atoms with E-state index >= 15 is 0 Å². The van der Waals surface area contributed by atoms with Crippen LogP contribution >= 0.6 is 47.0 Å². The van der Waals surface area contributed by atoms with Gasteiger partial charge < -0.3 is 52.6 Å². The average Bonchev–Trinajstić information content (AvgIpc) is 3.67. The van der Waals surface area contributed by atoms with Crippen LogP contribution in [0.1, 0.15) is 235 Å². The van der Waals surface area contributed by atoms with Crippen molar-refractivity contribution in [3.8, 4) is 0 Å². The predicted molar refractivity (Wildman–Crippen MR) is 396 cm³/mol. The largest absolute Gasteiger partial charge is 0.462 e. The van der Waals surface area contributed by atoms with E-state index in [1.807, 2.05) is 44.5 Å². The number of esters is 8. The molecule has 0 radical (unpaired) electrons. The maximum atomic E-state index is 13.2. The molecule has 0 saturated carbocycles. The van der Waals surface area contributed by atoms with Crippen molar-refractivity contribution in [1.29, 1.82) is 0 Å². The van der Waals surface area contributed by atoms with Gasteiger partial charge in [-0.25, -0.2) is 0 Å². The number of ether oxygens (including phenoxy) is 8. The summed E-state index contributed by atoms with van der Waals surface area (Å²) in [5.74, 6) is 2.40. The van der Waals surface area contributed by atoms with Gasteiger partial charge >= 0.3 is 47.8 Å². The number of nitrogens with zero attached hydrogens (tertiary/aromatic N) is 3. The van der Waals surface area contributed by atoms with Gasteiger partial charge in [0.25, 0.3) is 0 Å². The second-order valence-electron chi connectivity index (χ2n) is 25.5. The topological polar surface area (TPSA) is 220 Å². The highest BCUT2D eigenvalue weighted by Crippen LogP contribution is 2.19. The van der Waals surface area contributed by atoms with Crippen molar-refractivity contribution in [3.05, 3.63) is 0 Å². The first-order valence-electron chi connectivity index (χ1n) is 37.2. The maximum absolute atomic E-state index is 13.2. The molecule has 0 aromatic rings. The van der Waals surface area contributed by atoms with Gasteiger partial charge in [0, 0.05) is 75.4 Å². The summed E-state index contributed by atoms with van der Waals surface area (Å²) in [5, 5.41) is 0. The van der Waals surface area contributed by atoms with E-state index in [2.05, 4.69) is 32.6 Å². The smallest absolute Gasteiger partial charge is 0.309 e. The van der Waals surface area contributed by atoms with Gasteiger partial charge in [-0.2, -0.15) is 47.0 Å². The lowest BCUT2D eigenvalue weighted by Crippen LogP contribution is -2.41. The SMILES string of the molecule is CCCCCCCCSCC(C)C(=O)OCCOC(=O)CCN(C)CCN(CCC(=O)OCCOC(=O)C(C)CSCCCCCCCC)CCN(CCC(=O)OCCOC(=O)C(C)CSCCCCCCCC)CCC(=O)OCCOC(=O)C(C)CSCCCCCCCC. The molecule has 0 aliphatic heterocycles. The van der Waals surface area contributed by atoms with E-state index in [1.54, 1.807) is 47.0 Å². The zero-order valence-electron chi connectivity index (χ0n) is 61.6. The van der Waals surface area contributed by atoms with Crippen LogP contribution in [-0.2, 0) is 76.3 Å². The number of thioether (sulfide) groups is 4. The second-order valence-corrected chi connectivity index (χ2v) is 30.1. The van der Waals surface area contributed by atoms with E-state index in [1.165, 1.54) is 128 Å². The lowest BCUT2D eigenvalue weighted by Gasteiger charge is -2.29. The average molecular weight is 1440 g/mol. The molecule has 0 amide bonds. The summed E-state index contributed by atoms with van der Waals surface area (Å²) in [6.45, 7) is 18.6. The van der Waals surface area contributed by atoms with Crippen LogP contribution in [0.2, 0.25) is 0 Å². The molecule has 4 unspecified atom stereocenters. The Balaban J connectivity index is 5.77. The van der Waals surface area contributed by atoms with Crippen molar-refractivity contribution in [2.45, 2.75) is 235 Å². The summed E-state index contributed by atoms with van der Waals surface area (Å²) < 4.78 is 43.7. The Morgan fingerprint density at radius 1 is 0.271 bits per heavy atom. The van der Waals surface area contributed by atoms with Crippen LogP contribution in [0.15, 0.2) is 0 Å². The second kappa shape index (κ2) is 67.8. The minimum absolute atomic E-state index is 0.0164. The zero-order valence-corrected chi connectivity index (χ0v) is 64.9. The normalized spacial score (nSPS) is 12.7. The lowest BCUT2D eigenvalue weighted by molar-refractivity contribution is -0.154. The molecule has 0 bridgehead atoms. The molecular formula is C73H135N3O16S4. The maximum Gasteiger partial charge on any atom is 0.309 e. The van der Waals surface area contributed by atoms with Crippen LogP contribution in [0.4, 0.5) is 0 Å². The Morgan fingerprint density at radius 3 is 0.740 bits per heavy atom. The number of likely N-dealkylation sites (N-methyl/N-ethyl adjacent to an activating group) is 1. The number of unbranched alkanes of at least 4 members (excludes halogenated alkanes) is 20. The Bertz CT molecular complexity index is 1890. The Kier molecular flexibility index (Phi) is 65.8. The summed E-state index contributed by atoms with van der Waals surface area (Å²) in [7, 11) is 1.88. The molecule has 19 nitrogen and oxygen atoms in total. The molecule has 23 heteroatoms. The van der Waals surface area contributed by atoms with E-state index in [4.69, 9.17) is 37.9 Å². The van der Waals surface area contributed by atoms with Gasteiger partial charge in [0.2, 0.25) is 0 Å². The van der Waals surface area contributed by atoms with Crippen LogP contribution < -0.4 is 0 Å². The molecule has 562 valence electrons. The first kappa shape index (κ1) is 93.0. The molecule has 0 spiro atoms. The summed E-state index contributed by atoms with van der Waals surface area (Å²) in [5.41, 5.74) is 0. The Labute approximate surface area is 599 Å². The standard InChI is InChI=1S/C73H135N3O16S4/c1-10-14-18-22-26-30-54-93-58-62(5)70(81)89-50-46-85-66(77)34-38-74(9)42-43-76(41-37-69(80)88-49-53-92-73(84)65(8)61-96-57-33-29-25-21-17-13-4)45-44-75(39-35-67(78)86-47-51-90-71(82)63(6)59-94-55-31-27-23-19-15-11-2)40-36-68(79)87-48-52-91-72(83)64(7)60-95-56-32-28-24-20-16-12-3/h62-65H,10-61H2,1-9H3. The molecule has 0 fully saturated rings. The molecule has 0 aromatic heterocycles. The fourth-order valence-electron chi connectivity index (χ4n) is 9.71. The Morgan fingerprint density at radius 2 is 0.479 bits per heavy atom. The number of carbonyl (C=O) groups excluding carboxylic acids is 8. The first-order valence-corrected chi connectivity index (χ1v) is 41.8. The van der Waals surface area contributed by atoms with Crippen LogP contribution in [0.5, 0.6) is 0 Å². The highest BCUT2D eigenvalue weighted by molar-refractivity contribution is 7.99. The number of hydrogen-bond acceptors (Lipinski definition) is 23. The third-order valence-electron chi connectivity index (χ3n) is 16.1. The van der Waals surface area contributed by atoms with Crippen LogP contribution in [0, 0.1) is 23.7 Å². The summed E-state index contributed by atoms with van der Waals surface area (Å²) >= 11 is 7.02. The molecule has 0 N–H and O–H groups in total. The van der Waals surface area contributed by atoms with Crippen LogP contribution in [0.3, 0.4) is 0 Å². The number of carbonyl (C=O) groups is 8. The molecule has 0 aliphatic rings. The minimum Gasteiger partial charge on any atom is -0.462 e. The van der Waals surface area contributed by atoms with Gasteiger partial charge in [-0.1, -0.05) is 184 Å². The number of rotatable bonds is 70. The van der Waals surface area contributed by atoms with E-state index in [9.17, 15) is 38.4 Å². The van der Waals surface area contributed by atoms with Crippen molar-refractivity contribution in [1.82, 2.24) is 14.7 Å². The highest BCUT2D eigenvalue weighted by atomic mass is 32.2. The number of hydrogen-bond donors (Lipinski definition) is 0. The molecule has 96 heavy (non-hydrogen) atoms. The third-order valence-corrected chi connectivity index (χ3v) is 21.4. The molecule has 0 saturated heterocycles. The first-order chi connectivity index (χ1) is 46.5. The van der Waals surface area contributed by atoms with Crippen molar-refractivity contribution in [2.75, 3.05) is 158 Å². The quantitative estimate of drug-likeness (QED) is 0.0314. The Hall–Kier alpha value is -2.96. The lowest BCUT2D eigenvalue weighted by atomic mass is 10.1. The van der Waals surface area contributed by atoms with Crippen molar-refractivity contribution in [2.24, 2.45) is 23.7 Å².